The van der Waals surface area contributed by atoms with E-state index in [0.29, 0.717) is 42.5 Å². The number of carbonyl (C=O) groups is 1. The molecule has 4 rings (SSSR count). The first-order chi connectivity index (χ1) is 14.4. The molecule has 0 spiro atoms. The molecule has 158 valence electrons. The number of alkyl halides is 3. The second kappa shape index (κ2) is 8.13. The predicted octanol–water partition coefficient (Wildman–Crippen LogP) is 5.63. The summed E-state index contributed by atoms with van der Waals surface area (Å²) in [5.41, 5.74) is 3.19. The SMILES string of the molecule is CCc1nc2ccc(-c3ccc(C(F)(F)F)cc3)c(CCCN(C=O)C3CC3)c2o1. The fourth-order valence-electron chi connectivity index (χ4n) is 3.77. The van der Waals surface area contributed by atoms with Gasteiger partial charge in [0.05, 0.1) is 5.56 Å². The van der Waals surface area contributed by atoms with Crippen molar-refractivity contribution < 1.29 is 22.4 Å². The molecule has 1 aromatic heterocycles. The van der Waals surface area contributed by atoms with Gasteiger partial charge in [-0.15, -0.1) is 0 Å². The molecular weight excluding hydrogens is 393 g/mol. The summed E-state index contributed by atoms with van der Waals surface area (Å²) in [6, 6.07) is 9.27. The van der Waals surface area contributed by atoms with Gasteiger partial charge in [0.25, 0.3) is 0 Å². The van der Waals surface area contributed by atoms with Crippen molar-refractivity contribution in [2.75, 3.05) is 6.54 Å². The van der Waals surface area contributed by atoms with Crippen molar-refractivity contribution >= 4 is 17.5 Å². The highest BCUT2D eigenvalue weighted by Crippen LogP contribution is 2.35. The Kier molecular flexibility index (Phi) is 5.54. The molecular formula is C23H23F3N2O2. The quantitative estimate of drug-likeness (QED) is 0.447. The van der Waals surface area contributed by atoms with Crippen LogP contribution in [0.5, 0.6) is 0 Å². The molecule has 0 aliphatic heterocycles. The maximum atomic E-state index is 12.9. The third kappa shape index (κ3) is 4.20. The van der Waals surface area contributed by atoms with Gasteiger partial charge in [0.2, 0.25) is 6.41 Å². The Morgan fingerprint density at radius 3 is 2.50 bits per heavy atom. The number of aryl methyl sites for hydroxylation is 2. The van der Waals surface area contributed by atoms with E-state index >= 15 is 0 Å². The number of fused-ring (bicyclic) bond motifs is 1. The zero-order valence-corrected chi connectivity index (χ0v) is 16.7. The van der Waals surface area contributed by atoms with Crippen LogP contribution >= 0.6 is 0 Å². The first kappa shape index (κ1) is 20.4. The third-order valence-corrected chi connectivity index (χ3v) is 5.52. The number of hydrogen-bond donors (Lipinski definition) is 0. The van der Waals surface area contributed by atoms with Crippen molar-refractivity contribution in [3.8, 4) is 11.1 Å². The highest BCUT2D eigenvalue weighted by Gasteiger charge is 2.30. The highest BCUT2D eigenvalue weighted by molar-refractivity contribution is 5.85. The van der Waals surface area contributed by atoms with Crippen LogP contribution in [0.15, 0.2) is 40.8 Å². The van der Waals surface area contributed by atoms with Crippen LogP contribution in [0.4, 0.5) is 13.2 Å². The van der Waals surface area contributed by atoms with Gasteiger partial charge < -0.3 is 9.32 Å². The van der Waals surface area contributed by atoms with Crippen molar-refractivity contribution in [2.45, 2.75) is 51.2 Å². The van der Waals surface area contributed by atoms with Crippen LogP contribution in [0.25, 0.3) is 22.2 Å². The summed E-state index contributed by atoms with van der Waals surface area (Å²) in [7, 11) is 0. The van der Waals surface area contributed by atoms with Crippen LogP contribution in [0.2, 0.25) is 0 Å². The van der Waals surface area contributed by atoms with Gasteiger partial charge in [-0.1, -0.05) is 25.1 Å². The molecule has 2 aromatic carbocycles. The Balaban J connectivity index is 1.67. The molecule has 7 heteroatoms. The van der Waals surface area contributed by atoms with Gasteiger partial charge in [0.15, 0.2) is 11.5 Å². The zero-order valence-electron chi connectivity index (χ0n) is 16.7. The van der Waals surface area contributed by atoms with Gasteiger partial charge in [-0.05, 0) is 55.0 Å². The molecule has 30 heavy (non-hydrogen) atoms. The lowest BCUT2D eigenvalue weighted by Crippen LogP contribution is -2.25. The third-order valence-electron chi connectivity index (χ3n) is 5.52. The van der Waals surface area contributed by atoms with Gasteiger partial charge in [-0.2, -0.15) is 13.2 Å². The van der Waals surface area contributed by atoms with Crippen LogP contribution < -0.4 is 0 Å². The van der Waals surface area contributed by atoms with E-state index in [1.165, 1.54) is 12.1 Å². The van der Waals surface area contributed by atoms with Crippen molar-refractivity contribution in [2.24, 2.45) is 0 Å². The Morgan fingerprint density at radius 2 is 1.90 bits per heavy atom. The maximum Gasteiger partial charge on any atom is 0.416 e. The molecule has 0 radical (unpaired) electrons. The second-order valence-electron chi connectivity index (χ2n) is 7.65. The van der Waals surface area contributed by atoms with E-state index in [1.807, 2.05) is 24.0 Å². The zero-order chi connectivity index (χ0) is 21.3. The first-order valence-electron chi connectivity index (χ1n) is 10.2. The normalized spacial score (nSPS) is 14.3. The van der Waals surface area contributed by atoms with Gasteiger partial charge in [-0.3, -0.25) is 4.79 Å². The number of benzene rings is 2. The maximum absolute atomic E-state index is 12.9. The van der Waals surface area contributed by atoms with Crippen LogP contribution in [-0.2, 0) is 23.8 Å². The van der Waals surface area contributed by atoms with Crippen molar-refractivity contribution in [3.05, 3.63) is 53.4 Å². The van der Waals surface area contributed by atoms with E-state index in [9.17, 15) is 18.0 Å². The molecule has 0 unspecified atom stereocenters. The molecule has 1 aliphatic rings. The molecule has 0 saturated heterocycles. The van der Waals surface area contributed by atoms with Crippen LogP contribution in [0, 0.1) is 0 Å². The van der Waals surface area contributed by atoms with Crippen LogP contribution in [0.1, 0.15) is 43.2 Å². The lowest BCUT2D eigenvalue weighted by Gasteiger charge is -2.17. The molecule has 0 bridgehead atoms. The molecule has 0 atom stereocenters. The average Bonchev–Trinajstić information content (AvgIpc) is 3.48. The number of carbonyl (C=O) groups excluding carboxylic acids is 1. The summed E-state index contributed by atoms with van der Waals surface area (Å²) < 4.78 is 44.8. The Bertz CT molecular complexity index is 1040. The second-order valence-corrected chi connectivity index (χ2v) is 7.65. The summed E-state index contributed by atoms with van der Waals surface area (Å²) in [5, 5.41) is 0. The number of oxazole rings is 1. The molecule has 1 aliphatic carbocycles. The van der Waals surface area contributed by atoms with E-state index in [2.05, 4.69) is 4.98 Å². The summed E-state index contributed by atoms with van der Waals surface area (Å²) in [5.74, 6) is 0.628. The van der Waals surface area contributed by atoms with Gasteiger partial charge >= 0.3 is 6.18 Å². The molecule has 1 saturated carbocycles. The summed E-state index contributed by atoms with van der Waals surface area (Å²) in [6.45, 7) is 2.60. The topological polar surface area (TPSA) is 46.3 Å². The van der Waals surface area contributed by atoms with Gasteiger partial charge in [0.1, 0.15) is 5.52 Å². The predicted molar refractivity (Wildman–Crippen MR) is 108 cm³/mol. The number of nitrogens with zero attached hydrogens (tertiary/aromatic N) is 2. The molecule has 3 aromatic rings. The Morgan fingerprint density at radius 1 is 1.17 bits per heavy atom. The minimum Gasteiger partial charge on any atom is -0.440 e. The van der Waals surface area contributed by atoms with E-state index in [0.717, 1.165) is 54.4 Å². The molecule has 1 fully saturated rings. The standard InChI is InChI=1S/C23H23F3N2O2/c1-2-21-27-20-12-11-18(15-5-7-16(8-6-15)23(24,25)26)19(22(20)30-21)4-3-13-28(14-29)17-9-10-17/h5-8,11-12,14,17H,2-4,9-10,13H2,1H3. The summed E-state index contributed by atoms with van der Waals surface area (Å²) >= 11 is 0. The lowest BCUT2D eigenvalue weighted by atomic mass is 9.95. The highest BCUT2D eigenvalue weighted by atomic mass is 19.4. The minimum atomic E-state index is -4.37. The lowest BCUT2D eigenvalue weighted by molar-refractivity contribution is -0.137. The number of halogens is 3. The summed E-state index contributed by atoms with van der Waals surface area (Å²) in [6.07, 6.45) is 0.670. The monoisotopic (exact) mass is 416 g/mol. The fourth-order valence-corrected chi connectivity index (χ4v) is 3.77. The largest absolute Gasteiger partial charge is 0.440 e. The Hall–Kier alpha value is -2.83. The van der Waals surface area contributed by atoms with Crippen molar-refractivity contribution in [1.82, 2.24) is 9.88 Å². The molecule has 1 heterocycles. The number of hydrogen-bond acceptors (Lipinski definition) is 3. The Labute approximate surface area is 172 Å². The van der Waals surface area contributed by atoms with E-state index in [4.69, 9.17) is 4.42 Å². The minimum absolute atomic E-state index is 0.352. The van der Waals surface area contributed by atoms with Crippen molar-refractivity contribution in [1.29, 1.82) is 0 Å². The molecule has 1 amide bonds. The van der Waals surface area contributed by atoms with E-state index in [-0.39, 0.29) is 0 Å². The first-order valence-corrected chi connectivity index (χ1v) is 10.2. The van der Waals surface area contributed by atoms with Gasteiger partial charge in [-0.25, -0.2) is 4.98 Å². The fraction of sp³-hybridized carbons (Fsp3) is 0.391. The van der Waals surface area contributed by atoms with Crippen LogP contribution in [-0.4, -0.2) is 28.9 Å². The van der Waals surface area contributed by atoms with E-state index in [1.54, 1.807) is 0 Å². The number of aromatic nitrogens is 1. The number of rotatable bonds is 8. The summed E-state index contributed by atoms with van der Waals surface area (Å²) in [4.78, 5) is 17.6. The van der Waals surface area contributed by atoms with E-state index < -0.39 is 11.7 Å². The van der Waals surface area contributed by atoms with Gasteiger partial charge in [0, 0.05) is 24.6 Å². The van der Waals surface area contributed by atoms with Crippen LogP contribution in [0.3, 0.4) is 0 Å². The smallest absolute Gasteiger partial charge is 0.416 e. The number of amides is 1. The molecule has 0 N–H and O–H groups in total. The van der Waals surface area contributed by atoms with Crippen molar-refractivity contribution in [3.63, 3.8) is 0 Å². The average molecular weight is 416 g/mol. The molecule has 4 nitrogen and oxygen atoms in total.